The summed E-state index contributed by atoms with van der Waals surface area (Å²) < 4.78 is 26.8. The molecular weight excluding hydrogens is 300 g/mol. The van der Waals surface area contributed by atoms with Gasteiger partial charge < -0.3 is 0 Å². The molecule has 0 saturated carbocycles. The minimum atomic E-state index is -0.537. The number of halogens is 2. The van der Waals surface area contributed by atoms with Crippen molar-refractivity contribution in [1.29, 1.82) is 0 Å². The maximum absolute atomic E-state index is 13.8. The maximum atomic E-state index is 13.8. The van der Waals surface area contributed by atoms with Crippen LogP contribution in [0.2, 0.25) is 0 Å². The molecule has 0 aromatic heterocycles. The van der Waals surface area contributed by atoms with E-state index >= 15 is 0 Å². The second-order valence-corrected chi connectivity index (χ2v) is 5.24. The van der Waals surface area contributed by atoms with E-state index in [2.05, 4.69) is 0 Å². The van der Waals surface area contributed by atoms with Gasteiger partial charge in [0, 0.05) is 6.92 Å². The van der Waals surface area contributed by atoms with Crippen molar-refractivity contribution in [2.75, 3.05) is 0 Å². The van der Waals surface area contributed by atoms with Crippen LogP contribution < -0.4 is 0 Å². The summed E-state index contributed by atoms with van der Waals surface area (Å²) in [7, 11) is 0. The molecular formula is C18H17F2NO2. The Morgan fingerprint density at radius 3 is 2.35 bits per heavy atom. The number of amides is 1. The number of carbonyl (C=O) groups is 1. The van der Waals surface area contributed by atoms with E-state index in [1.807, 2.05) is 0 Å². The van der Waals surface area contributed by atoms with Gasteiger partial charge in [0.1, 0.15) is 11.6 Å². The second-order valence-electron chi connectivity index (χ2n) is 5.24. The minimum absolute atomic E-state index is 0.355. The molecule has 0 heterocycles. The highest BCUT2D eigenvalue weighted by Crippen LogP contribution is 2.23. The predicted molar refractivity (Wildman–Crippen MR) is 84.6 cm³/mol. The Balaban J connectivity index is 2.27. The van der Waals surface area contributed by atoms with Crippen molar-refractivity contribution < 1.29 is 18.8 Å². The fourth-order valence-corrected chi connectivity index (χ4v) is 2.14. The van der Waals surface area contributed by atoms with E-state index in [9.17, 15) is 18.8 Å². The van der Waals surface area contributed by atoms with Crippen molar-refractivity contribution in [3.05, 3.63) is 65.7 Å². The summed E-state index contributed by atoms with van der Waals surface area (Å²) in [5, 5.41) is 10.1. The third-order valence-electron chi connectivity index (χ3n) is 3.37. The predicted octanol–water partition coefficient (Wildman–Crippen LogP) is 4.27. The van der Waals surface area contributed by atoms with Gasteiger partial charge in [-0.1, -0.05) is 24.3 Å². The molecule has 2 aromatic rings. The van der Waals surface area contributed by atoms with E-state index in [0.29, 0.717) is 21.8 Å². The molecule has 1 atom stereocenters. The molecule has 2 aromatic carbocycles. The van der Waals surface area contributed by atoms with Crippen molar-refractivity contribution in [2.45, 2.75) is 19.9 Å². The van der Waals surface area contributed by atoms with E-state index in [1.54, 1.807) is 37.3 Å². The average molecular weight is 317 g/mol. The number of hydrogen-bond acceptors (Lipinski definition) is 2. The molecule has 120 valence electrons. The number of rotatable bonds is 4. The quantitative estimate of drug-likeness (QED) is 0.676. The average Bonchev–Trinajstić information content (AvgIpc) is 2.52. The van der Waals surface area contributed by atoms with Crippen LogP contribution in [0.3, 0.4) is 0 Å². The fourth-order valence-electron chi connectivity index (χ4n) is 2.14. The monoisotopic (exact) mass is 317 g/mol. The largest absolute Gasteiger partial charge is 0.285 e. The number of benzene rings is 2. The summed E-state index contributed by atoms with van der Waals surface area (Å²) in [6.45, 7) is 2.89. The molecule has 0 bridgehead atoms. The van der Waals surface area contributed by atoms with Gasteiger partial charge in [-0.05, 0) is 53.9 Å². The summed E-state index contributed by atoms with van der Waals surface area (Å²) in [6, 6.07) is 9.69. The maximum Gasteiger partial charge on any atom is 0.243 e. The molecule has 0 radical (unpaired) electrons. The molecule has 3 nitrogen and oxygen atoms in total. The highest BCUT2D eigenvalue weighted by Gasteiger charge is 2.10. The lowest BCUT2D eigenvalue weighted by atomic mass is 10.0. The Hall–Kier alpha value is -2.53. The molecule has 1 unspecified atom stereocenters. The Kier molecular flexibility index (Phi) is 5.24. The van der Waals surface area contributed by atoms with Gasteiger partial charge in [-0.3, -0.25) is 10.0 Å². The fraction of sp³-hybridized carbons (Fsp3) is 0.167. The van der Waals surface area contributed by atoms with Crippen molar-refractivity contribution in [3.8, 4) is 11.1 Å². The van der Waals surface area contributed by atoms with Gasteiger partial charge in [-0.25, -0.2) is 13.8 Å². The Labute approximate surface area is 133 Å². The first-order valence-electron chi connectivity index (χ1n) is 7.10. The molecule has 0 saturated heterocycles. The molecule has 5 heteroatoms. The van der Waals surface area contributed by atoms with Crippen LogP contribution in [-0.4, -0.2) is 22.2 Å². The molecule has 0 aliphatic carbocycles. The topological polar surface area (TPSA) is 40.5 Å². The van der Waals surface area contributed by atoms with Gasteiger partial charge in [0.15, 0.2) is 0 Å². The number of carbonyl (C=O) groups excluding carboxylic acids is 1. The first-order valence-corrected chi connectivity index (χ1v) is 7.10. The van der Waals surface area contributed by atoms with Gasteiger partial charge >= 0.3 is 0 Å². The molecule has 0 spiro atoms. The lowest BCUT2D eigenvalue weighted by Crippen LogP contribution is -2.32. The summed E-state index contributed by atoms with van der Waals surface area (Å²) in [4.78, 5) is 11.1. The highest BCUT2D eigenvalue weighted by molar-refractivity contribution is 5.73. The standard InChI is InChI=1S/C18H17F2NO2/c1-12(21(23)13(2)22)3-4-14-9-16(11-18(20)10-14)15-5-7-17(19)8-6-15/h3-12,23H,1-2H3. The van der Waals surface area contributed by atoms with Crippen LogP contribution >= 0.6 is 0 Å². The summed E-state index contributed by atoms with van der Waals surface area (Å²) in [5.74, 6) is -1.26. The Bertz CT molecular complexity index is 726. The van der Waals surface area contributed by atoms with Crippen LogP contribution in [0.25, 0.3) is 17.2 Å². The third-order valence-corrected chi connectivity index (χ3v) is 3.37. The van der Waals surface area contributed by atoms with Crippen LogP contribution in [0.15, 0.2) is 48.5 Å². The van der Waals surface area contributed by atoms with Crippen LogP contribution in [0.4, 0.5) is 8.78 Å². The minimum Gasteiger partial charge on any atom is -0.285 e. The van der Waals surface area contributed by atoms with Crippen molar-refractivity contribution in [3.63, 3.8) is 0 Å². The molecule has 1 N–H and O–H groups in total. The van der Waals surface area contributed by atoms with Gasteiger partial charge in [0.25, 0.3) is 0 Å². The molecule has 0 aliphatic rings. The van der Waals surface area contributed by atoms with Crippen molar-refractivity contribution >= 4 is 12.0 Å². The van der Waals surface area contributed by atoms with Crippen LogP contribution in [-0.2, 0) is 4.79 Å². The smallest absolute Gasteiger partial charge is 0.243 e. The van der Waals surface area contributed by atoms with Crippen LogP contribution in [0.1, 0.15) is 19.4 Å². The number of hydroxylamine groups is 2. The first kappa shape index (κ1) is 16.8. The van der Waals surface area contributed by atoms with Gasteiger partial charge in [-0.2, -0.15) is 0 Å². The first-order chi connectivity index (χ1) is 10.9. The summed E-state index contributed by atoms with van der Waals surface area (Å²) in [5.41, 5.74) is 1.89. The van der Waals surface area contributed by atoms with Gasteiger partial charge in [-0.15, -0.1) is 0 Å². The van der Waals surface area contributed by atoms with E-state index in [1.165, 1.54) is 31.2 Å². The van der Waals surface area contributed by atoms with E-state index in [4.69, 9.17) is 0 Å². The van der Waals surface area contributed by atoms with Crippen molar-refractivity contribution in [1.82, 2.24) is 5.06 Å². The molecule has 2 rings (SSSR count). The molecule has 0 aliphatic heterocycles. The second kappa shape index (κ2) is 7.15. The zero-order valence-electron chi connectivity index (χ0n) is 12.8. The zero-order chi connectivity index (χ0) is 17.0. The molecule has 23 heavy (non-hydrogen) atoms. The van der Waals surface area contributed by atoms with Crippen LogP contribution in [0, 0.1) is 11.6 Å². The van der Waals surface area contributed by atoms with Gasteiger partial charge in [0.05, 0.1) is 6.04 Å². The van der Waals surface area contributed by atoms with Crippen molar-refractivity contribution in [2.24, 2.45) is 0 Å². The third kappa shape index (κ3) is 4.47. The highest BCUT2D eigenvalue weighted by atomic mass is 19.1. The Morgan fingerprint density at radius 2 is 1.74 bits per heavy atom. The van der Waals surface area contributed by atoms with E-state index in [-0.39, 0.29) is 5.82 Å². The van der Waals surface area contributed by atoms with E-state index < -0.39 is 17.8 Å². The Morgan fingerprint density at radius 1 is 1.09 bits per heavy atom. The SMILES string of the molecule is CC(=O)N(O)C(C)C=Cc1cc(F)cc(-c2ccc(F)cc2)c1. The normalized spacial score (nSPS) is 12.4. The summed E-state index contributed by atoms with van der Waals surface area (Å²) >= 11 is 0. The number of nitrogens with zero attached hydrogens (tertiary/aromatic N) is 1. The number of hydrogen-bond donors (Lipinski definition) is 1. The summed E-state index contributed by atoms with van der Waals surface area (Å²) in [6.07, 6.45) is 3.21. The van der Waals surface area contributed by atoms with E-state index in [0.717, 1.165) is 0 Å². The lowest BCUT2D eigenvalue weighted by molar-refractivity contribution is -0.167. The lowest BCUT2D eigenvalue weighted by Gasteiger charge is -2.17. The zero-order valence-corrected chi connectivity index (χ0v) is 12.8. The van der Waals surface area contributed by atoms with Gasteiger partial charge in [0.2, 0.25) is 5.91 Å². The van der Waals surface area contributed by atoms with Crippen LogP contribution in [0.5, 0.6) is 0 Å². The molecule has 1 amide bonds. The molecule has 0 fully saturated rings.